The van der Waals surface area contributed by atoms with Crippen molar-refractivity contribution in [2.24, 2.45) is 0 Å². The molecule has 0 radical (unpaired) electrons. The largest absolute Gasteiger partial charge is 0.496 e. The van der Waals surface area contributed by atoms with Crippen molar-refractivity contribution in [1.29, 1.82) is 0 Å². The molecule has 1 saturated carbocycles. The van der Waals surface area contributed by atoms with Gasteiger partial charge >= 0.3 is 0 Å². The third kappa shape index (κ3) is 2.35. The first kappa shape index (κ1) is 11.4. The van der Waals surface area contributed by atoms with E-state index in [-0.39, 0.29) is 17.5 Å². The fourth-order valence-corrected chi connectivity index (χ4v) is 1.83. The Balaban J connectivity index is 2.27. The summed E-state index contributed by atoms with van der Waals surface area (Å²) in [6.07, 6.45) is 1.95. The Kier molecular flexibility index (Phi) is 3.14. The van der Waals surface area contributed by atoms with Crippen molar-refractivity contribution in [3.8, 4) is 5.75 Å². The van der Waals surface area contributed by atoms with Gasteiger partial charge < -0.3 is 10.1 Å². The first-order valence-electron chi connectivity index (χ1n) is 4.95. The van der Waals surface area contributed by atoms with E-state index in [2.05, 4.69) is 21.2 Å². The Bertz CT molecular complexity index is 432. The Hall–Kier alpha value is -1.10. The second kappa shape index (κ2) is 4.41. The van der Waals surface area contributed by atoms with Gasteiger partial charge in [0.15, 0.2) is 0 Å². The molecule has 2 rings (SSSR count). The van der Waals surface area contributed by atoms with E-state index in [1.807, 2.05) is 0 Å². The molecule has 1 aromatic rings. The van der Waals surface area contributed by atoms with Crippen LogP contribution in [0, 0.1) is 5.82 Å². The predicted octanol–water partition coefficient (Wildman–Crippen LogP) is 2.49. The number of rotatable bonds is 3. The number of amides is 1. The molecule has 1 aromatic carbocycles. The SMILES string of the molecule is COc1cc(C(=O)NC2CC2)c(F)cc1Br. The summed E-state index contributed by atoms with van der Waals surface area (Å²) < 4.78 is 19.1. The van der Waals surface area contributed by atoms with Gasteiger partial charge in [0.05, 0.1) is 17.1 Å². The Labute approximate surface area is 101 Å². The van der Waals surface area contributed by atoms with Gasteiger partial charge in [-0.15, -0.1) is 0 Å². The lowest BCUT2D eigenvalue weighted by atomic mass is 10.2. The summed E-state index contributed by atoms with van der Waals surface area (Å²) in [6, 6.07) is 2.85. The zero-order valence-corrected chi connectivity index (χ0v) is 10.3. The van der Waals surface area contributed by atoms with Crippen LogP contribution in [0.4, 0.5) is 4.39 Å². The molecular formula is C11H11BrFNO2. The smallest absolute Gasteiger partial charge is 0.254 e. The van der Waals surface area contributed by atoms with Crippen molar-refractivity contribution in [3.63, 3.8) is 0 Å². The summed E-state index contributed by atoms with van der Waals surface area (Å²) in [7, 11) is 1.47. The second-order valence-electron chi connectivity index (χ2n) is 3.71. The lowest BCUT2D eigenvalue weighted by molar-refractivity contribution is 0.0946. The van der Waals surface area contributed by atoms with Gasteiger partial charge in [-0.2, -0.15) is 0 Å². The van der Waals surface area contributed by atoms with Crippen molar-refractivity contribution < 1.29 is 13.9 Å². The highest BCUT2D eigenvalue weighted by molar-refractivity contribution is 9.10. The molecule has 1 N–H and O–H groups in total. The third-order valence-electron chi connectivity index (χ3n) is 2.40. The first-order valence-corrected chi connectivity index (χ1v) is 5.75. The molecule has 3 nitrogen and oxygen atoms in total. The van der Waals surface area contributed by atoms with Crippen molar-refractivity contribution in [3.05, 3.63) is 28.0 Å². The molecule has 0 spiro atoms. The fourth-order valence-electron chi connectivity index (χ4n) is 1.35. The Morgan fingerprint density at radius 2 is 2.25 bits per heavy atom. The molecule has 0 saturated heterocycles. The van der Waals surface area contributed by atoms with Gasteiger partial charge in [0.2, 0.25) is 0 Å². The van der Waals surface area contributed by atoms with E-state index in [0.29, 0.717) is 10.2 Å². The maximum absolute atomic E-state index is 13.5. The summed E-state index contributed by atoms with van der Waals surface area (Å²) in [6.45, 7) is 0. The standard InChI is InChI=1S/C11H11BrFNO2/c1-16-10-4-7(9(13)5-8(10)12)11(15)14-6-2-3-6/h4-6H,2-3H2,1H3,(H,14,15). The van der Waals surface area contributed by atoms with E-state index in [1.54, 1.807) is 0 Å². The molecule has 1 fully saturated rings. The predicted molar refractivity (Wildman–Crippen MR) is 61.1 cm³/mol. The number of hydrogen-bond acceptors (Lipinski definition) is 2. The number of halogens is 2. The van der Waals surface area contributed by atoms with Crippen LogP contribution >= 0.6 is 15.9 Å². The minimum absolute atomic E-state index is 0.0203. The van der Waals surface area contributed by atoms with Crippen LogP contribution in [-0.2, 0) is 0 Å². The van der Waals surface area contributed by atoms with E-state index in [0.717, 1.165) is 12.8 Å². The average molecular weight is 288 g/mol. The number of hydrogen-bond donors (Lipinski definition) is 1. The minimum atomic E-state index is -0.550. The van der Waals surface area contributed by atoms with Crippen LogP contribution in [0.3, 0.4) is 0 Å². The van der Waals surface area contributed by atoms with Crippen LogP contribution in [0.2, 0.25) is 0 Å². The highest BCUT2D eigenvalue weighted by Crippen LogP contribution is 2.28. The quantitative estimate of drug-likeness (QED) is 0.928. The first-order chi connectivity index (χ1) is 7.61. The fraction of sp³-hybridized carbons (Fsp3) is 0.364. The van der Waals surface area contributed by atoms with E-state index in [4.69, 9.17) is 4.74 Å². The molecule has 0 aliphatic heterocycles. The monoisotopic (exact) mass is 287 g/mol. The Morgan fingerprint density at radius 3 is 2.81 bits per heavy atom. The van der Waals surface area contributed by atoms with Crippen LogP contribution in [0.25, 0.3) is 0 Å². The minimum Gasteiger partial charge on any atom is -0.496 e. The molecule has 16 heavy (non-hydrogen) atoms. The number of benzene rings is 1. The molecule has 0 aromatic heterocycles. The van der Waals surface area contributed by atoms with Gasteiger partial charge in [-0.25, -0.2) is 4.39 Å². The lowest BCUT2D eigenvalue weighted by Crippen LogP contribution is -2.26. The summed E-state index contributed by atoms with van der Waals surface area (Å²) in [5.74, 6) is -0.487. The van der Waals surface area contributed by atoms with Gasteiger partial charge in [0, 0.05) is 6.04 Å². The number of carbonyl (C=O) groups excluding carboxylic acids is 1. The number of methoxy groups -OCH3 is 1. The summed E-state index contributed by atoms with van der Waals surface area (Å²) >= 11 is 3.16. The molecular weight excluding hydrogens is 277 g/mol. The number of carbonyl (C=O) groups is 1. The van der Waals surface area contributed by atoms with Gasteiger partial charge in [0.25, 0.3) is 5.91 Å². The number of nitrogens with one attached hydrogen (secondary N) is 1. The maximum Gasteiger partial charge on any atom is 0.254 e. The van der Waals surface area contributed by atoms with Crippen LogP contribution in [0.15, 0.2) is 16.6 Å². The topological polar surface area (TPSA) is 38.3 Å². The van der Waals surface area contributed by atoms with E-state index in [9.17, 15) is 9.18 Å². The van der Waals surface area contributed by atoms with E-state index >= 15 is 0 Å². The van der Waals surface area contributed by atoms with Crippen molar-refractivity contribution >= 4 is 21.8 Å². The normalized spacial score (nSPS) is 14.7. The zero-order valence-electron chi connectivity index (χ0n) is 8.72. The molecule has 1 aliphatic carbocycles. The summed E-state index contributed by atoms with van der Waals surface area (Å²) in [5.41, 5.74) is 0.0203. The van der Waals surface area contributed by atoms with Gasteiger partial charge in [0.1, 0.15) is 11.6 Å². The van der Waals surface area contributed by atoms with Crippen LogP contribution < -0.4 is 10.1 Å². The lowest BCUT2D eigenvalue weighted by Gasteiger charge is -2.08. The average Bonchev–Trinajstić information content (AvgIpc) is 3.01. The zero-order chi connectivity index (χ0) is 11.7. The van der Waals surface area contributed by atoms with Crippen LogP contribution in [0.1, 0.15) is 23.2 Å². The summed E-state index contributed by atoms with van der Waals surface area (Å²) in [4.78, 5) is 11.7. The van der Waals surface area contributed by atoms with Crippen molar-refractivity contribution in [2.75, 3.05) is 7.11 Å². The van der Waals surface area contributed by atoms with Crippen molar-refractivity contribution in [1.82, 2.24) is 5.32 Å². The second-order valence-corrected chi connectivity index (χ2v) is 4.57. The van der Waals surface area contributed by atoms with Crippen molar-refractivity contribution in [2.45, 2.75) is 18.9 Å². The molecule has 0 unspecified atom stereocenters. The molecule has 1 aliphatic rings. The van der Waals surface area contributed by atoms with E-state index < -0.39 is 5.82 Å². The molecule has 0 atom stereocenters. The molecule has 1 amide bonds. The van der Waals surface area contributed by atoms with Gasteiger partial charge in [-0.3, -0.25) is 4.79 Å². The van der Waals surface area contributed by atoms with E-state index in [1.165, 1.54) is 19.2 Å². The highest BCUT2D eigenvalue weighted by Gasteiger charge is 2.25. The molecule has 5 heteroatoms. The number of ether oxygens (including phenoxy) is 1. The third-order valence-corrected chi connectivity index (χ3v) is 3.02. The highest BCUT2D eigenvalue weighted by atomic mass is 79.9. The maximum atomic E-state index is 13.5. The molecule has 86 valence electrons. The molecule has 0 bridgehead atoms. The van der Waals surface area contributed by atoms with Crippen LogP contribution in [0.5, 0.6) is 5.75 Å². The van der Waals surface area contributed by atoms with Crippen LogP contribution in [-0.4, -0.2) is 19.1 Å². The molecule has 0 heterocycles. The van der Waals surface area contributed by atoms with Gasteiger partial charge in [-0.05, 0) is 40.9 Å². The Morgan fingerprint density at radius 1 is 1.56 bits per heavy atom. The van der Waals surface area contributed by atoms with Gasteiger partial charge in [-0.1, -0.05) is 0 Å². The summed E-state index contributed by atoms with van der Waals surface area (Å²) in [5, 5.41) is 2.73.